The van der Waals surface area contributed by atoms with E-state index in [1.165, 1.54) is 32.1 Å². The van der Waals surface area contributed by atoms with E-state index in [1.54, 1.807) is 6.07 Å². The molecule has 1 rings (SSSR count). The van der Waals surface area contributed by atoms with Gasteiger partial charge in [0.05, 0.1) is 12.2 Å². The second kappa shape index (κ2) is 9.40. The molecule has 2 N–H and O–H groups in total. The minimum atomic E-state index is -0.308. The first-order valence-electron chi connectivity index (χ1n) is 7.69. The molecule has 0 amide bonds. The van der Waals surface area contributed by atoms with Gasteiger partial charge in [-0.1, -0.05) is 57.6 Å². The minimum absolute atomic E-state index is 0.308. The summed E-state index contributed by atoms with van der Waals surface area (Å²) < 4.78 is 5.27. The summed E-state index contributed by atoms with van der Waals surface area (Å²) in [6.07, 6.45) is 8.48. The molecule has 20 heavy (non-hydrogen) atoms. The quantitative estimate of drug-likeness (QED) is 0.411. The first-order chi connectivity index (χ1) is 9.66. The number of anilines is 1. The van der Waals surface area contributed by atoms with E-state index < -0.39 is 0 Å². The Labute approximate surface area is 122 Å². The van der Waals surface area contributed by atoms with Crippen LogP contribution in [0.15, 0.2) is 18.2 Å². The molecule has 0 aliphatic heterocycles. The second-order valence-corrected chi connectivity index (χ2v) is 5.29. The molecule has 112 valence electrons. The molecule has 0 atom stereocenters. The highest BCUT2D eigenvalue weighted by molar-refractivity contribution is 5.95. The van der Waals surface area contributed by atoms with Gasteiger partial charge in [-0.2, -0.15) is 0 Å². The summed E-state index contributed by atoms with van der Waals surface area (Å²) in [5.41, 5.74) is 7.80. The van der Waals surface area contributed by atoms with Crippen LogP contribution in [0.3, 0.4) is 0 Å². The normalized spacial score (nSPS) is 10.5. The van der Waals surface area contributed by atoms with E-state index in [4.69, 9.17) is 10.5 Å². The van der Waals surface area contributed by atoms with Crippen molar-refractivity contribution in [3.63, 3.8) is 0 Å². The highest BCUT2D eigenvalue weighted by atomic mass is 16.5. The maximum absolute atomic E-state index is 11.9. The standard InChI is InChI=1S/C17H27NO2/c1-3-4-5-6-7-8-9-13-20-17(19)15-12-10-11-14(2)16(15)18/h10-12H,3-9,13,18H2,1-2H3. The number of benzene rings is 1. The predicted octanol–water partition coefficient (Wildman–Crippen LogP) is 4.48. The molecule has 3 nitrogen and oxygen atoms in total. The Morgan fingerprint density at radius 1 is 1.10 bits per heavy atom. The second-order valence-electron chi connectivity index (χ2n) is 5.29. The van der Waals surface area contributed by atoms with Crippen molar-refractivity contribution in [3.8, 4) is 0 Å². The molecule has 0 aliphatic carbocycles. The monoisotopic (exact) mass is 277 g/mol. The zero-order valence-electron chi connectivity index (χ0n) is 12.8. The number of ether oxygens (including phenoxy) is 1. The average molecular weight is 277 g/mol. The predicted molar refractivity (Wildman–Crippen MR) is 83.9 cm³/mol. The van der Waals surface area contributed by atoms with Gasteiger partial charge in [0.15, 0.2) is 0 Å². The molecule has 3 heteroatoms. The summed E-state index contributed by atoms with van der Waals surface area (Å²) in [4.78, 5) is 11.9. The lowest BCUT2D eigenvalue weighted by Gasteiger charge is -2.08. The van der Waals surface area contributed by atoms with Crippen LogP contribution in [-0.2, 0) is 4.74 Å². The van der Waals surface area contributed by atoms with Gasteiger partial charge >= 0.3 is 5.97 Å². The summed E-state index contributed by atoms with van der Waals surface area (Å²) in [6, 6.07) is 5.44. The largest absolute Gasteiger partial charge is 0.462 e. The van der Waals surface area contributed by atoms with Gasteiger partial charge in [0.2, 0.25) is 0 Å². The van der Waals surface area contributed by atoms with Crippen molar-refractivity contribution in [2.45, 2.75) is 58.8 Å². The average Bonchev–Trinajstić information content (AvgIpc) is 2.44. The Balaban J connectivity index is 2.19. The molecule has 0 heterocycles. The van der Waals surface area contributed by atoms with Crippen LogP contribution in [-0.4, -0.2) is 12.6 Å². The van der Waals surface area contributed by atoms with E-state index in [9.17, 15) is 4.79 Å². The van der Waals surface area contributed by atoms with E-state index in [0.717, 1.165) is 18.4 Å². The van der Waals surface area contributed by atoms with E-state index in [-0.39, 0.29) is 5.97 Å². The Morgan fingerprint density at radius 3 is 2.45 bits per heavy atom. The van der Waals surface area contributed by atoms with Crippen LogP contribution < -0.4 is 5.73 Å². The maximum Gasteiger partial charge on any atom is 0.340 e. The first kappa shape index (κ1) is 16.5. The zero-order valence-corrected chi connectivity index (χ0v) is 12.8. The van der Waals surface area contributed by atoms with Crippen molar-refractivity contribution >= 4 is 11.7 Å². The topological polar surface area (TPSA) is 52.3 Å². The fourth-order valence-electron chi connectivity index (χ4n) is 2.16. The van der Waals surface area contributed by atoms with Gasteiger partial charge in [-0.3, -0.25) is 0 Å². The number of esters is 1. The Hall–Kier alpha value is -1.51. The van der Waals surface area contributed by atoms with E-state index in [2.05, 4.69) is 6.92 Å². The van der Waals surface area contributed by atoms with Gasteiger partial charge in [-0.25, -0.2) is 4.79 Å². The lowest BCUT2D eigenvalue weighted by atomic mass is 10.1. The number of aryl methyl sites for hydroxylation is 1. The Bertz CT molecular complexity index is 415. The van der Waals surface area contributed by atoms with Gasteiger partial charge in [-0.05, 0) is 25.0 Å². The number of carbonyl (C=O) groups is 1. The molecule has 0 bridgehead atoms. The van der Waals surface area contributed by atoms with Crippen LogP contribution >= 0.6 is 0 Å². The molecule has 1 aromatic carbocycles. The van der Waals surface area contributed by atoms with Crippen molar-refractivity contribution in [3.05, 3.63) is 29.3 Å². The minimum Gasteiger partial charge on any atom is -0.462 e. The van der Waals surface area contributed by atoms with Crippen LogP contribution in [0.4, 0.5) is 5.69 Å². The van der Waals surface area contributed by atoms with Crippen molar-refractivity contribution in [2.24, 2.45) is 0 Å². The van der Waals surface area contributed by atoms with Gasteiger partial charge in [0.25, 0.3) is 0 Å². The van der Waals surface area contributed by atoms with E-state index >= 15 is 0 Å². The van der Waals surface area contributed by atoms with Crippen molar-refractivity contribution in [1.29, 1.82) is 0 Å². The van der Waals surface area contributed by atoms with Crippen LogP contribution in [0.2, 0.25) is 0 Å². The molecule has 0 spiro atoms. The van der Waals surface area contributed by atoms with Gasteiger partial charge < -0.3 is 10.5 Å². The number of carbonyl (C=O) groups excluding carboxylic acids is 1. The Morgan fingerprint density at radius 2 is 1.75 bits per heavy atom. The van der Waals surface area contributed by atoms with Gasteiger partial charge in [0.1, 0.15) is 0 Å². The van der Waals surface area contributed by atoms with E-state index in [0.29, 0.717) is 17.9 Å². The molecular weight excluding hydrogens is 250 g/mol. The highest BCUT2D eigenvalue weighted by Crippen LogP contribution is 2.17. The molecule has 0 fully saturated rings. The van der Waals surface area contributed by atoms with E-state index in [1.807, 2.05) is 19.1 Å². The summed E-state index contributed by atoms with van der Waals surface area (Å²) in [7, 11) is 0. The fourth-order valence-corrected chi connectivity index (χ4v) is 2.16. The van der Waals surface area contributed by atoms with Gasteiger partial charge in [-0.15, -0.1) is 0 Å². The summed E-state index contributed by atoms with van der Waals surface area (Å²) in [5.74, 6) is -0.308. The third kappa shape index (κ3) is 5.64. The molecular formula is C17H27NO2. The molecule has 0 unspecified atom stereocenters. The molecule has 0 radical (unpaired) electrons. The maximum atomic E-state index is 11.9. The van der Waals surface area contributed by atoms with Crippen molar-refractivity contribution < 1.29 is 9.53 Å². The first-order valence-corrected chi connectivity index (χ1v) is 7.69. The molecule has 0 saturated heterocycles. The molecule has 1 aromatic rings. The number of nitrogens with two attached hydrogens (primary N) is 1. The Kier molecular flexibility index (Phi) is 7.78. The third-order valence-corrected chi connectivity index (χ3v) is 3.53. The number of nitrogen functional groups attached to an aromatic ring is 1. The molecule has 0 saturated carbocycles. The lowest BCUT2D eigenvalue weighted by Crippen LogP contribution is -2.10. The smallest absolute Gasteiger partial charge is 0.340 e. The molecule has 0 aromatic heterocycles. The fraction of sp³-hybridized carbons (Fsp3) is 0.588. The van der Waals surface area contributed by atoms with Crippen molar-refractivity contribution in [2.75, 3.05) is 12.3 Å². The number of hydrogen-bond donors (Lipinski definition) is 1. The van der Waals surface area contributed by atoms with Crippen LogP contribution in [0.5, 0.6) is 0 Å². The zero-order chi connectivity index (χ0) is 14.8. The number of para-hydroxylation sites is 1. The summed E-state index contributed by atoms with van der Waals surface area (Å²) in [6.45, 7) is 4.60. The number of hydrogen-bond acceptors (Lipinski definition) is 3. The highest BCUT2D eigenvalue weighted by Gasteiger charge is 2.11. The molecule has 0 aliphatic rings. The van der Waals surface area contributed by atoms with Crippen LogP contribution in [0, 0.1) is 6.92 Å². The van der Waals surface area contributed by atoms with Gasteiger partial charge in [0, 0.05) is 5.69 Å². The number of unbranched alkanes of at least 4 members (excludes halogenated alkanes) is 6. The number of rotatable bonds is 9. The SMILES string of the molecule is CCCCCCCCCOC(=O)c1cccc(C)c1N. The summed E-state index contributed by atoms with van der Waals surface area (Å²) in [5, 5.41) is 0. The van der Waals surface area contributed by atoms with Crippen LogP contribution in [0.25, 0.3) is 0 Å². The van der Waals surface area contributed by atoms with Crippen molar-refractivity contribution in [1.82, 2.24) is 0 Å². The van der Waals surface area contributed by atoms with Crippen LogP contribution in [0.1, 0.15) is 67.8 Å². The third-order valence-electron chi connectivity index (χ3n) is 3.53. The lowest BCUT2D eigenvalue weighted by molar-refractivity contribution is 0.0499. The summed E-state index contributed by atoms with van der Waals surface area (Å²) >= 11 is 0.